The van der Waals surface area contributed by atoms with Gasteiger partial charge in [0.1, 0.15) is 5.82 Å². The molecule has 0 aliphatic heterocycles. The largest absolute Gasteiger partial charge is 0.484 e. The number of hydrogen-bond acceptors (Lipinski definition) is 4. The van der Waals surface area contributed by atoms with Crippen molar-refractivity contribution in [2.45, 2.75) is 0 Å². The lowest BCUT2D eigenvalue weighted by Gasteiger charge is -2.10. The van der Waals surface area contributed by atoms with Gasteiger partial charge in [-0.2, -0.15) is 0 Å². The van der Waals surface area contributed by atoms with Gasteiger partial charge in [-0.3, -0.25) is 4.79 Å². The number of amides is 1. The Bertz CT molecular complexity index is 812. The molecule has 1 amide bonds. The molecule has 2 aromatic rings. The van der Waals surface area contributed by atoms with Crippen molar-refractivity contribution in [3.63, 3.8) is 0 Å². The van der Waals surface area contributed by atoms with E-state index in [9.17, 15) is 13.6 Å². The number of halogens is 2. The van der Waals surface area contributed by atoms with Crippen molar-refractivity contribution in [2.75, 3.05) is 5.73 Å². The van der Waals surface area contributed by atoms with Crippen LogP contribution >= 0.6 is 12.2 Å². The average Bonchev–Trinajstić information content (AvgIpc) is 2.49. The quantitative estimate of drug-likeness (QED) is 0.505. The third-order valence-electron chi connectivity index (χ3n) is 2.60. The molecule has 0 aromatic heterocycles. The van der Waals surface area contributed by atoms with Gasteiger partial charge in [0.15, 0.2) is 17.3 Å². The van der Waals surface area contributed by atoms with Crippen LogP contribution in [0.1, 0.15) is 10.4 Å². The lowest BCUT2D eigenvalue weighted by atomic mass is 10.2. The first-order chi connectivity index (χ1) is 10.9. The van der Waals surface area contributed by atoms with Crippen molar-refractivity contribution in [1.82, 2.24) is 0 Å². The van der Waals surface area contributed by atoms with Crippen LogP contribution in [-0.4, -0.2) is 16.2 Å². The second kappa shape index (κ2) is 6.88. The van der Waals surface area contributed by atoms with Crippen molar-refractivity contribution in [1.29, 1.82) is 0 Å². The molecule has 23 heavy (non-hydrogen) atoms. The van der Waals surface area contributed by atoms with Crippen LogP contribution < -0.4 is 10.5 Å². The van der Waals surface area contributed by atoms with Crippen LogP contribution in [0.25, 0.3) is 0 Å². The number of anilines is 1. The Morgan fingerprint density at radius 2 is 1.87 bits per heavy atom. The number of nitrogen functional groups attached to an aromatic ring is 1. The van der Waals surface area contributed by atoms with Gasteiger partial charge in [0.25, 0.3) is 11.1 Å². The summed E-state index contributed by atoms with van der Waals surface area (Å²) < 4.78 is 31.7. The van der Waals surface area contributed by atoms with E-state index in [0.717, 1.165) is 12.1 Å². The molecule has 0 fully saturated rings. The van der Waals surface area contributed by atoms with E-state index in [1.807, 2.05) is 0 Å². The minimum absolute atomic E-state index is 0.0247. The second-order valence-electron chi connectivity index (χ2n) is 4.22. The number of ether oxygens (including phenoxy) is 1. The molecular formula is C14H9F2N3O3S. The van der Waals surface area contributed by atoms with E-state index in [1.165, 1.54) is 18.2 Å². The van der Waals surface area contributed by atoms with Crippen molar-refractivity contribution in [3.05, 3.63) is 53.6 Å². The summed E-state index contributed by atoms with van der Waals surface area (Å²) in [4.78, 5) is 11.7. The van der Waals surface area contributed by atoms with Gasteiger partial charge in [0.05, 0.1) is 5.69 Å². The molecular weight excluding hydrogens is 328 g/mol. The molecule has 0 aliphatic rings. The van der Waals surface area contributed by atoms with Crippen molar-refractivity contribution >= 4 is 29.0 Å². The fourth-order valence-corrected chi connectivity index (χ4v) is 1.62. The van der Waals surface area contributed by atoms with Gasteiger partial charge < -0.3 is 15.6 Å². The maximum atomic E-state index is 13.6. The zero-order valence-corrected chi connectivity index (χ0v) is 12.2. The van der Waals surface area contributed by atoms with E-state index in [0.29, 0.717) is 6.07 Å². The number of aliphatic hydroxyl groups is 1. The highest BCUT2D eigenvalue weighted by Crippen LogP contribution is 2.30. The molecule has 0 radical (unpaired) electrons. The average molecular weight is 337 g/mol. The molecule has 118 valence electrons. The van der Waals surface area contributed by atoms with E-state index in [-0.39, 0.29) is 22.7 Å². The van der Waals surface area contributed by atoms with Gasteiger partial charge in [-0.1, -0.05) is 5.11 Å². The van der Waals surface area contributed by atoms with Crippen LogP contribution in [0, 0.1) is 11.6 Å². The predicted octanol–water partition coefficient (Wildman–Crippen LogP) is 3.77. The summed E-state index contributed by atoms with van der Waals surface area (Å²) in [7, 11) is 0. The molecule has 0 saturated heterocycles. The van der Waals surface area contributed by atoms with Gasteiger partial charge >= 0.3 is 0 Å². The number of benzene rings is 2. The van der Waals surface area contributed by atoms with Crippen molar-refractivity contribution in [2.24, 2.45) is 10.2 Å². The molecule has 0 bridgehead atoms. The van der Waals surface area contributed by atoms with Crippen molar-refractivity contribution < 1.29 is 23.4 Å². The Hall–Kier alpha value is -2.94. The smallest absolute Gasteiger partial charge is 0.300 e. The fraction of sp³-hybridized carbons (Fsp3) is 0. The highest BCUT2D eigenvalue weighted by Gasteiger charge is 2.12. The molecule has 0 heterocycles. The minimum atomic E-state index is -0.925. The van der Waals surface area contributed by atoms with Crippen LogP contribution in [0.15, 0.2) is 46.6 Å². The minimum Gasteiger partial charge on any atom is -0.484 e. The summed E-state index contributed by atoms with van der Waals surface area (Å²) in [6.07, 6.45) is 0. The maximum absolute atomic E-state index is 13.6. The molecule has 6 nitrogen and oxygen atoms in total. The first-order valence-corrected chi connectivity index (χ1v) is 6.49. The lowest BCUT2D eigenvalue weighted by Crippen LogP contribution is -1.99. The normalized spacial score (nSPS) is 10.7. The van der Waals surface area contributed by atoms with Crippen LogP contribution in [-0.2, 0) is 0 Å². The van der Waals surface area contributed by atoms with Crippen LogP contribution in [0.2, 0.25) is 0 Å². The summed E-state index contributed by atoms with van der Waals surface area (Å²) in [6.45, 7) is 0. The molecule has 2 aromatic carbocycles. The van der Waals surface area contributed by atoms with Crippen LogP contribution in [0.5, 0.6) is 11.5 Å². The number of hydrogen-bond donors (Lipinski definition) is 2. The molecule has 0 unspecified atom stereocenters. The van der Waals surface area contributed by atoms with Gasteiger partial charge in [-0.15, -0.1) is 5.11 Å². The lowest BCUT2D eigenvalue weighted by molar-refractivity contribution is 0.0994. The number of carbonyl (C=O) groups is 1. The SMILES string of the molecule is Nc1ccc(C(=O)N=NC(O)=S)cc1Oc1ccc(F)cc1F. The second-order valence-corrected chi connectivity index (χ2v) is 4.58. The van der Waals surface area contributed by atoms with E-state index in [4.69, 9.17) is 15.6 Å². The fourth-order valence-electron chi connectivity index (χ4n) is 1.58. The Morgan fingerprint density at radius 1 is 1.13 bits per heavy atom. The number of azo groups is 1. The molecule has 2 rings (SSSR count). The summed E-state index contributed by atoms with van der Waals surface area (Å²) in [5.74, 6) is -2.78. The maximum Gasteiger partial charge on any atom is 0.300 e. The number of rotatable bonds is 3. The highest BCUT2D eigenvalue weighted by atomic mass is 32.1. The zero-order valence-electron chi connectivity index (χ0n) is 11.4. The third-order valence-corrected chi connectivity index (χ3v) is 2.68. The van der Waals surface area contributed by atoms with E-state index >= 15 is 0 Å². The third kappa shape index (κ3) is 4.27. The number of nitrogens with two attached hydrogens (primary N) is 1. The van der Waals surface area contributed by atoms with Crippen LogP contribution in [0.3, 0.4) is 0 Å². The van der Waals surface area contributed by atoms with E-state index < -0.39 is 22.7 Å². The monoisotopic (exact) mass is 337 g/mol. The standard InChI is InChI=1S/C14H9F2N3O3S/c15-8-2-4-11(9(16)6-8)22-12-5-7(1-3-10(12)17)13(20)18-19-14(21)23/h1-6H,17H2,(H,21,23). The number of aliphatic hydroxyl groups excluding tert-OH is 1. The molecule has 0 spiro atoms. The Labute approximate surface area is 134 Å². The summed E-state index contributed by atoms with van der Waals surface area (Å²) >= 11 is 4.25. The first-order valence-electron chi connectivity index (χ1n) is 6.08. The van der Waals surface area contributed by atoms with E-state index in [1.54, 1.807) is 0 Å². The molecule has 0 atom stereocenters. The van der Waals surface area contributed by atoms with Gasteiger partial charge in [0, 0.05) is 11.6 Å². The Morgan fingerprint density at radius 3 is 2.52 bits per heavy atom. The first kappa shape index (κ1) is 16.4. The molecule has 3 N–H and O–H groups in total. The Balaban J connectivity index is 2.30. The zero-order chi connectivity index (χ0) is 17.0. The Kier molecular flexibility index (Phi) is 4.91. The van der Waals surface area contributed by atoms with Gasteiger partial charge in [-0.25, -0.2) is 8.78 Å². The molecule has 0 saturated carbocycles. The molecule has 0 aliphatic carbocycles. The number of nitrogens with zero attached hydrogens (tertiary/aromatic N) is 2. The van der Waals surface area contributed by atoms with Crippen LogP contribution in [0.4, 0.5) is 14.5 Å². The summed E-state index contributed by atoms with van der Waals surface area (Å²) in [5, 5.41) is 14.1. The van der Waals surface area contributed by atoms with Gasteiger partial charge in [-0.05, 0) is 42.5 Å². The number of thiocarbonyl (C=S) groups is 1. The summed E-state index contributed by atoms with van der Waals surface area (Å²) in [5.41, 5.74) is 5.84. The number of carbonyl (C=O) groups excluding carboxylic acids is 1. The van der Waals surface area contributed by atoms with Gasteiger partial charge in [0.2, 0.25) is 0 Å². The molecule has 9 heteroatoms. The topological polar surface area (TPSA) is 97.3 Å². The predicted molar refractivity (Wildman–Crippen MR) is 81.7 cm³/mol. The summed E-state index contributed by atoms with van der Waals surface area (Å²) in [6, 6.07) is 6.64. The van der Waals surface area contributed by atoms with E-state index in [2.05, 4.69) is 22.4 Å². The highest BCUT2D eigenvalue weighted by molar-refractivity contribution is 7.79. The van der Waals surface area contributed by atoms with Crippen molar-refractivity contribution in [3.8, 4) is 11.5 Å².